The highest BCUT2D eigenvalue weighted by Crippen LogP contribution is 2.29. The molecule has 118 valence electrons. The molecule has 0 spiro atoms. The second-order valence-corrected chi connectivity index (χ2v) is 6.15. The van der Waals surface area contributed by atoms with Crippen LogP contribution >= 0.6 is 0 Å². The molecule has 0 atom stereocenters. The molecule has 0 aliphatic heterocycles. The molecule has 0 fully saturated rings. The topological polar surface area (TPSA) is 39.9 Å². The number of para-hydroxylation sites is 1. The summed E-state index contributed by atoms with van der Waals surface area (Å²) in [6.07, 6.45) is 0. The second kappa shape index (κ2) is 5.88. The molecule has 0 amide bonds. The predicted octanol–water partition coefficient (Wildman–Crippen LogP) is 4.10. The zero-order valence-corrected chi connectivity index (χ0v) is 13.9. The maximum absolute atomic E-state index is 6.12. The molecule has 0 aliphatic carbocycles. The first-order chi connectivity index (χ1) is 11.0. The largest absolute Gasteiger partial charge is 0.480 e. The van der Waals surface area contributed by atoms with Crippen molar-refractivity contribution in [1.82, 2.24) is 14.8 Å². The standard InChI is InChI=1S/C19H21N3O/c1-14-10-8-9-13-16(14)17-20-21-18(22(17)4)19(2,3)23-15-11-6-5-7-12-15/h5-13H,1-4H3. The predicted molar refractivity (Wildman–Crippen MR) is 91.3 cm³/mol. The lowest BCUT2D eigenvalue weighted by Crippen LogP contribution is -2.29. The smallest absolute Gasteiger partial charge is 0.176 e. The van der Waals surface area contributed by atoms with Crippen LogP contribution in [0, 0.1) is 6.92 Å². The second-order valence-electron chi connectivity index (χ2n) is 6.15. The summed E-state index contributed by atoms with van der Waals surface area (Å²) < 4.78 is 8.13. The number of ether oxygens (including phenoxy) is 1. The van der Waals surface area contributed by atoms with E-state index in [1.54, 1.807) is 0 Å². The maximum atomic E-state index is 6.12. The fraction of sp³-hybridized carbons (Fsp3) is 0.263. The number of aryl methyl sites for hydroxylation is 1. The normalized spacial score (nSPS) is 11.5. The molecule has 1 aromatic heterocycles. The number of benzene rings is 2. The van der Waals surface area contributed by atoms with E-state index in [4.69, 9.17) is 4.74 Å². The van der Waals surface area contributed by atoms with Crippen LogP contribution in [0.3, 0.4) is 0 Å². The molecule has 0 unspecified atom stereocenters. The fourth-order valence-corrected chi connectivity index (χ4v) is 2.74. The summed E-state index contributed by atoms with van der Waals surface area (Å²) >= 11 is 0. The Kier molecular flexibility index (Phi) is 3.90. The van der Waals surface area contributed by atoms with Gasteiger partial charge >= 0.3 is 0 Å². The Morgan fingerprint density at radius 2 is 1.57 bits per heavy atom. The molecule has 2 aromatic carbocycles. The van der Waals surface area contributed by atoms with Gasteiger partial charge in [-0.15, -0.1) is 10.2 Å². The Morgan fingerprint density at radius 1 is 0.913 bits per heavy atom. The van der Waals surface area contributed by atoms with Crippen LogP contribution in [0.2, 0.25) is 0 Å². The highest BCUT2D eigenvalue weighted by molar-refractivity contribution is 5.60. The third kappa shape index (κ3) is 2.97. The summed E-state index contributed by atoms with van der Waals surface area (Å²) in [4.78, 5) is 0. The maximum Gasteiger partial charge on any atom is 0.176 e. The van der Waals surface area contributed by atoms with E-state index in [1.165, 1.54) is 5.56 Å². The summed E-state index contributed by atoms with van der Waals surface area (Å²) in [7, 11) is 1.98. The molecule has 3 aromatic rings. The minimum absolute atomic E-state index is 0.579. The molecule has 0 radical (unpaired) electrons. The summed E-state index contributed by atoms with van der Waals surface area (Å²) in [6, 6.07) is 18.0. The SMILES string of the molecule is Cc1ccccc1-c1nnc(C(C)(C)Oc2ccccc2)n1C. The van der Waals surface area contributed by atoms with Crippen molar-refractivity contribution in [1.29, 1.82) is 0 Å². The summed E-state index contributed by atoms with van der Waals surface area (Å²) in [5, 5.41) is 8.78. The van der Waals surface area contributed by atoms with E-state index in [1.807, 2.05) is 67.9 Å². The number of hydrogen-bond acceptors (Lipinski definition) is 3. The van der Waals surface area contributed by atoms with Gasteiger partial charge in [-0.2, -0.15) is 0 Å². The van der Waals surface area contributed by atoms with Crippen molar-refractivity contribution >= 4 is 0 Å². The Morgan fingerprint density at radius 3 is 2.26 bits per heavy atom. The van der Waals surface area contributed by atoms with E-state index >= 15 is 0 Å². The molecule has 0 saturated heterocycles. The van der Waals surface area contributed by atoms with Crippen LogP contribution in [0.4, 0.5) is 0 Å². The van der Waals surface area contributed by atoms with Crippen LogP contribution in [0.1, 0.15) is 25.2 Å². The molecule has 0 bridgehead atoms. The third-order valence-electron chi connectivity index (χ3n) is 3.92. The molecule has 4 nitrogen and oxygen atoms in total. The molecule has 1 heterocycles. The van der Waals surface area contributed by atoms with Crippen LogP contribution in [0.25, 0.3) is 11.4 Å². The van der Waals surface area contributed by atoms with Gasteiger partial charge in [-0.3, -0.25) is 0 Å². The van der Waals surface area contributed by atoms with Gasteiger partial charge in [0.05, 0.1) is 0 Å². The fourth-order valence-electron chi connectivity index (χ4n) is 2.74. The average Bonchev–Trinajstić information content (AvgIpc) is 2.91. The lowest BCUT2D eigenvalue weighted by atomic mass is 10.1. The average molecular weight is 307 g/mol. The Bertz CT molecular complexity index is 806. The van der Waals surface area contributed by atoms with Crippen molar-refractivity contribution in [2.45, 2.75) is 26.4 Å². The zero-order chi connectivity index (χ0) is 16.4. The van der Waals surface area contributed by atoms with Gasteiger partial charge in [0.15, 0.2) is 17.2 Å². The third-order valence-corrected chi connectivity index (χ3v) is 3.92. The van der Waals surface area contributed by atoms with E-state index in [0.29, 0.717) is 0 Å². The van der Waals surface area contributed by atoms with Gasteiger partial charge in [-0.1, -0.05) is 42.5 Å². The zero-order valence-electron chi connectivity index (χ0n) is 13.9. The van der Waals surface area contributed by atoms with Crippen LogP contribution < -0.4 is 4.74 Å². The van der Waals surface area contributed by atoms with Crippen LogP contribution in [-0.2, 0) is 12.6 Å². The van der Waals surface area contributed by atoms with Gasteiger partial charge in [0, 0.05) is 12.6 Å². The van der Waals surface area contributed by atoms with Gasteiger partial charge in [0.25, 0.3) is 0 Å². The highest BCUT2D eigenvalue weighted by Gasteiger charge is 2.30. The van der Waals surface area contributed by atoms with E-state index in [0.717, 1.165) is 23.0 Å². The molecule has 0 N–H and O–H groups in total. The minimum Gasteiger partial charge on any atom is -0.480 e. The van der Waals surface area contributed by atoms with Crippen molar-refractivity contribution in [3.05, 3.63) is 66.0 Å². The van der Waals surface area contributed by atoms with Crippen molar-refractivity contribution in [3.8, 4) is 17.1 Å². The van der Waals surface area contributed by atoms with Crippen molar-refractivity contribution in [2.24, 2.45) is 7.05 Å². The van der Waals surface area contributed by atoms with Gasteiger partial charge in [0.1, 0.15) is 5.75 Å². The Hall–Kier alpha value is -2.62. The van der Waals surface area contributed by atoms with Gasteiger partial charge in [-0.25, -0.2) is 0 Å². The lowest BCUT2D eigenvalue weighted by Gasteiger charge is -2.25. The summed E-state index contributed by atoms with van der Waals surface area (Å²) in [6.45, 7) is 6.09. The quantitative estimate of drug-likeness (QED) is 0.728. The monoisotopic (exact) mass is 307 g/mol. The van der Waals surface area contributed by atoms with Gasteiger partial charge in [0.2, 0.25) is 0 Å². The minimum atomic E-state index is -0.579. The van der Waals surface area contributed by atoms with Crippen molar-refractivity contribution in [3.63, 3.8) is 0 Å². The van der Waals surface area contributed by atoms with Crippen LogP contribution in [0.15, 0.2) is 54.6 Å². The number of nitrogens with zero attached hydrogens (tertiary/aromatic N) is 3. The molecular formula is C19H21N3O. The Labute approximate surface area is 136 Å². The number of hydrogen-bond donors (Lipinski definition) is 0. The van der Waals surface area contributed by atoms with E-state index in [-0.39, 0.29) is 0 Å². The van der Waals surface area contributed by atoms with Gasteiger partial charge < -0.3 is 9.30 Å². The van der Waals surface area contributed by atoms with E-state index in [2.05, 4.69) is 29.3 Å². The highest BCUT2D eigenvalue weighted by atomic mass is 16.5. The lowest BCUT2D eigenvalue weighted by molar-refractivity contribution is 0.0950. The molecule has 0 aliphatic rings. The number of aromatic nitrogens is 3. The van der Waals surface area contributed by atoms with Crippen molar-refractivity contribution < 1.29 is 4.74 Å². The molecule has 4 heteroatoms. The summed E-state index contributed by atoms with van der Waals surface area (Å²) in [5.41, 5.74) is 1.69. The van der Waals surface area contributed by atoms with Crippen LogP contribution in [0.5, 0.6) is 5.75 Å². The first-order valence-corrected chi connectivity index (χ1v) is 7.69. The first-order valence-electron chi connectivity index (χ1n) is 7.69. The molecule has 0 saturated carbocycles. The van der Waals surface area contributed by atoms with E-state index in [9.17, 15) is 0 Å². The van der Waals surface area contributed by atoms with E-state index < -0.39 is 5.60 Å². The molecule has 3 rings (SSSR count). The molecule has 23 heavy (non-hydrogen) atoms. The van der Waals surface area contributed by atoms with Gasteiger partial charge in [-0.05, 0) is 38.5 Å². The first kappa shape index (κ1) is 15.3. The summed E-state index contributed by atoms with van der Waals surface area (Å²) in [5.74, 6) is 2.46. The van der Waals surface area contributed by atoms with Crippen molar-refractivity contribution in [2.75, 3.05) is 0 Å². The Balaban J connectivity index is 1.97. The number of rotatable bonds is 4. The van der Waals surface area contributed by atoms with Crippen LogP contribution in [-0.4, -0.2) is 14.8 Å². The molecular weight excluding hydrogens is 286 g/mol.